The average Bonchev–Trinajstić information content (AvgIpc) is 3.51. The summed E-state index contributed by atoms with van der Waals surface area (Å²) < 4.78 is 8.75. The summed E-state index contributed by atoms with van der Waals surface area (Å²) in [5.41, 5.74) is 5.95. The molecule has 1 N–H and O–H groups in total. The minimum absolute atomic E-state index is 0.444. The summed E-state index contributed by atoms with van der Waals surface area (Å²) in [7, 11) is 0. The minimum Gasteiger partial charge on any atom is -0.455 e. The molecule has 3 aliphatic rings. The molecule has 1 aliphatic carbocycles. The van der Waals surface area contributed by atoms with E-state index in [0.29, 0.717) is 40.5 Å². The van der Waals surface area contributed by atoms with E-state index in [-0.39, 0.29) is 0 Å². The topological polar surface area (TPSA) is 64.7 Å². The predicted octanol–water partition coefficient (Wildman–Crippen LogP) is 7.68. The number of rotatable bonds is 8. The van der Waals surface area contributed by atoms with Crippen LogP contribution in [0.15, 0.2) is 67.0 Å². The molecule has 2 aliphatic heterocycles. The number of carbonyl (C=O) groups excluding carboxylic acids is 1. The van der Waals surface area contributed by atoms with Gasteiger partial charge in [-0.3, -0.25) is 9.69 Å². The normalized spacial score (nSPS) is 21.2. The van der Waals surface area contributed by atoms with Gasteiger partial charge in [-0.05, 0) is 78.7 Å². The van der Waals surface area contributed by atoms with Crippen molar-refractivity contribution in [2.24, 2.45) is 5.41 Å². The molecule has 1 unspecified atom stereocenters. The number of H-pyrrole nitrogens is 1. The quantitative estimate of drug-likeness (QED) is 0.162. The summed E-state index contributed by atoms with van der Waals surface area (Å²) in [5.74, 6) is 1.74. The van der Waals surface area contributed by atoms with Crippen LogP contribution in [0.1, 0.15) is 73.0 Å². The molecule has 2 aromatic heterocycles. The molecule has 1 spiro atoms. The smallest absolute Gasteiger partial charge is 0.153 e. The van der Waals surface area contributed by atoms with Crippen molar-refractivity contribution in [3.8, 4) is 11.5 Å². The Morgan fingerprint density at radius 1 is 1.05 bits per heavy atom. The molecule has 8 heteroatoms. The number of anilines is 1. The van der Waals surface area contributed by atoms with Crippen molar-refractivity contribution < 1.29 is 9.53 Å². The van der Waals surface area contributed by atoms with Gasteiger partial charge in [0.1, 0.15) is 17.1 Å². The number of nitrogens with zero attached hydrogens (tertiary/aromatic N) is 4. The Kier molecular flexibility index (Phi) is 8.16. The number of fused-ring (bicyclic) bond motifs is 1. The molecule has 230 valence electrons. The van der Waals surface area contributed by atoms with Crippen LogP contribution in [-0.4, -0.2) is 70.5 Å². The number of aromatic nitrogens is 2. The molecule has 44 heavy (non-hydrogen) atoms. The SMILES string of the molecule is CSN1CCN(C2CC3(CCN(c4ccc(C=O)c(Oc5cnc6[nH]ccc6c5)c4)CC3)C2)C(c2ccccc2C(C)C)C1. The van der Waals surface area contributed by atoms with Gasteiger partial charge in [0.25, 0.3) is 0 Å². The zero-order valence-electron chi connectivity index (χ0n) is 26.0. The summed E-state index contributed by atoms with van der Waals surface area (Å²) in [6.07, 6.45) is 11.7. The molecule has 4 aromatic rings. The third kappa shape index (κ3) is 5.64. The zero-order valence-corrected chi connectivity index (χ0v) is 26.9. The van der Waals surface area contributed by atoms with Crippen LogP contribution in [-0.2, 0) is 0 Å². The first-order valence-electron chi connectivity index (χ1n) is 16.0. The number of ether oxygens (including phenoxy) is 1. The second kappa shape index (κ2) is 12.2. The maximum atomic E-state index is 11.8. The van der Waals surface area contributed by atoms with Crippen LogP contribution in [0.25, 0.3) is 11.0 Å². The zero-order chi connectivity index (χ0) is 30.3. The van der Waals surface area contributed by atoms with E-state index in [1.807, 2.05) is 42.4 Å². The first-order valence-corrected chi connectivity index (χ1v) is 17.2. The van der Waals surface area contributed by atoms with E-state index in [2.05, 4.69) is 74.5 Å². The lowest BCUT2D eigenvalue weighted by Gasteiger charge is -2.58. The number of piperazine rings is 1. The van der Waals surface area contributed by atoms with E-state index < -0.39 is 0 Å². The number of aldehydes is 1. The Morgan fingerprint density at radius 3 is 2.64 bits per heavy atom. The molecule has 0 bridgehead atoms. The minimum atomic E-state index is 0.444. The largest absolute Gasteiger partial charge is 0.455 e. The average molecular weight is 610 g/mol. The van der Waals surface area contributed by atoms with Crippen molar-refractivity contribution >= 4 is 35.0 Å². The molecule has 1 saturated carbocycles. The molecular formula is C36H43N5O2S. The first kappa shape index (κ1) is 29.4. The number of hydrogen-bond donors (Lipinski definition) is 1. The van der Waals surface area contributed by atoms with Crippen LogP contribution in [0.2, 0.25) is 0 Å². The van der Waals surface area contributed by atoms with E-state index >= 15 is 0 Å². The molecule has 0 radical (unpaired) electrons. The molecule has 7 nitrogen and oxygen atoms in total. The van der Waals surface area contributed by atoms with Crippen molar-refractivity contribution in [1.82, 2.24) is 19.2 Å². The lowest BCUT2D eigenvalue weighted by molar-refractivity contribution is -0.0512. The standard InChI is InChI=1S/C36H43N5O2S/c1-25(2)31-6-4-5-7-32(31)33-23-40(44-3)16-17-41(33)29-20-36(21-29)11-14-39(15-12-36)28-9-8-27(24-42)34(19-28)43-30-18-26-10-13-37-35(26)38-22-30/h4-10,13,18-19,22,24-25,29,33H,11-12,14-17,20-21,23H2,1-3H3,(H,37,38). The Bertz CT molecular complexity index is 1620. The van der Waals surface area contributed by atoms with Crippen LogP contribution in [0.3, 0.4) is 0 Å². The van der Waals surface area contributed by atoms with E-state index in [1.165, 1.54) is 36.8 Å². The Balaban J connectivity index is 1.02. The maximum absolute atomic E-state index is 11.8. The Hall–Kier alpha value is -3.33. The summed E-state index contributed by atoms with van der Waals surface area (Å²) in [5, 5.41) is 0.980. The second-order valence-electron chi connectivity index (χ2n) is 13.2. The van der Waals surface area contributed by atoms with Gasteiger partial charge in [-0.25, -0.2) is 9.29 Å². The molecule has 7 rings (SSSR count). The lowest BCUT2D eigenvalue weighted by Crippen LogP contribution is -2.59. The monoisotopic (exact) mass is 609 g/mol. The summed E-state index contributed by atoms with van der Waals surface area (Å²) >= 11 is 1.89. The number of pyridine rings is 1. The summed E-state index contributed by atoms with van der Waals surface area (Å²) in [4.78, 5) is 24.7. The molecule has 4 heterocycles. The summed E-state index contributed by atoms with van der Waals surface area (Å²) in [6.45, 7) is 10.1. The molecule has 0 amide bonds. The fourth-order valence-corrected chi connectivity index (χ4v) is 8.38. The molecule has 2 saturated heterocycles. The van der Waals surface area contributed by atoms with Crippen molar-refractivity contribution in [2.75, 3.05) is 43.9 Å². The fourth-order valence-electron chi connectivity index (χ4n) is 7.82. The van der Waals surface area contributed by atoms with Crippen LogP contribution in [0.4, 0.5) is 5.69 Å². The van der Waals surface area contributed by atoms with Crippen LogP contribution in [0.5, 0.6) is 11.5 Å². The highest BCUT2D eigenvalue weighted by molar-refractivity contribution is 7.96. The van der Waals surface area contributed by atoms with E-state index in [1.54, 1.807) is 6.20 Å². The summed E-state index contributed by atoms with van der Waals surface area (Å²) in [6, 6.07) is 20.1. The van der Waals surface area contributed by atoms with Crippen LogP contribution in [0, 0.1) is 5.41 Å². The van der Waals surface area contributed by atoms with E-state index in [9.17, 15) is 4.79 Å². The Labute approximate surface area is 265 Å². The van der Waals surface area contributed by atoms with Crippen molar-refractivity contribution in [3.63, 3.8) is 0 Å². The number of carbonyl (C=O) groups is 1. The van der Waals surface area contributed by atoms with Gasteiger partial charge in [0, 0.05) is 68.1 Å². The van der Waals surface area contributed by atoms with E-state index in [4.69, 9.17) is 4.74 Å². The molecule has 1 atom stereocenters. The number of aromatic amines is 1. The second-order valence-corrected chi connectivity index (χ2v) is 14.1. The van der Waals surface area contributed by atoms with Crippen molar-refractivity contribution in [3.05, 3.63) is 83.7 Å². The predicted molar refractivity (Wildman–Crippen MR) is 180 cm³/mol. The van der Waals surface area contributed by atoms with Gasteiger partial charge in [0.05, 0.1) is 11.8 Å². The van der Waals surface area contributed by atoms with Gasteiger partial charge in [0.15, 0.2) is 6.29 Å². The van der Waals surface area contributed by atoms with Gasteiger partial charge >= 0.3 is 0 Å². The van der Waals surface area contributed by atoms with Crippen LogP contribution < -0.4 is 9.64 Å². The Morgan fingerprint density at radius 2 is 1.86 bits per heavy atom. The highest BCUT2D eigenvalue weighted by atomic mass is 32.2. The number of hydrogen-bond acceptors (Lipinski definition) is 7. The van der Waals surface area contributed by atoms with Crippen LogP contribution >= 0.6 is 11.9 Å². The van der Waals surface area contributed by atoms with Crippen molar-refractivity contribution in [1.29, 1.82) is 0 Å². The highest BCUT2D eigenvalue weighted by Crippen LogP contribution is 2.53. The fraction of sp³-hybridized carbons (Fsp3) is 0.444. The maximum Gasteiger partial charge on any atom is 0.153 e. The first-order chi connectivity index (χ1) is 21.4. The number of piperidine rings is 1. The van der Waals surface area contributed by atoms with Gasteiger partial charge in [0.2, 0.25) is 0 Å². The van der Waals surface area contributed by atoms with Gasteiger partial charge in [-0.1, -0.05) is 50.1 Å². The molecular weight excluding hydrogens is 566 g/mol. The van der Waals surface area contributed by atoms with Gasteiger partial charge < -0.3 is 14.6 Å². The third-order valence-electron chi connectivity index (χ3n) is 10.3. The van der Waals surface area contributed by atoms with Gasteiger partial charge in [-0.2, -0.15) is 0 Å². The number of nitrogens with one attached hydrogen (secondary N) is 1. The number of benzene rings is 2. The highest BCUT2D eigenvalue weighted by Gasteiger charge is 2.50. The van der Waals surface area contributed by atoms with Crippen molar-refractivity contribution in [2.45, 2.75) is 57.5 Å². The molecule has 2 aromatic carbocycles. The van der Waals surface area contributed by atoms with E-state index in [0.717, 1.165) is 55.7 Å². The lowest BCUT2D eigenvalue weighted by atomic mass is 9.59. The molecule has 3 fully saturated rings. The third-order valence-corrected chi connectivity index (χ3v) is 11.2. The van der Waals surface area contributed by atoms with Gasteiger partial charge in [-0.15, -0.1) is 0 Å².